The molecule has 1 aromatic carbocycles. The van der Waals surface area contributed by atoms with E-state index in [-0.39, 0.29) is 11.7 Å². The normalized spacial score (nSPS) is 14.4. The number of benzene rings is 1. The lowest BCUT2D eigenvalue weighted by atomic mass is 10.0. The second-order valence-electron chi connectivity index (χ2n) is 6.29. The molecule has 0 unspecified atom stereocenters. The maximum Gasteiger partial charge on any atom is 0.234 e. The Morgan fingerprint density at radius 3 is 2.80 bits per heavy atom. The number of aromatic nitrogens is 3. The Labute approximate surface area is 151 Å². The summed E-state index contributed by atoms with van der Waals surface area (Å²) in [7, 11) is 0. The fourth-order valence-electron chi connectivity index (χ4n) is 3.05. The van der Waals surface area contributed by atoms with E-state index in [4.69, 9.17) is 5.26 Å². The van der Waals surface area contributed by atoms with E-state index in [0.717, 1.165) is 29.4 Å². The van der Waals surface area contributed by atoms with E-state index in [1.165, 1.54) is 37.4 Å². The first-order valence-corrected chi connectivity index (χ1v) is 9.51. The number of thioether (sulfide) groups is 1. The van der Waals surface area contributed by atoms with Gasteiger partial charge in [0.05, 0.1) is 18.2 Å². The molecular formula is C18H21N5OS. The van der Waals surface area contributed by atoms with Crippen LogP contribution in [0.25, 0.3) is 0 Å². The van der Waals surface area contributed by atoms with Crippen LogP contribution in [0.2, 0.25) is 0 Å². The van der Waals surface area contributed by atoms with E-state index in [2.05, 4.69) is 26.6 Å². The predicted molar refractivity (Wildman–Crippen MR) is 97.2 cm³/mol. The summed E-state index contributed by atoms with van der Waals surface area (Å²) in [5, 5.41) is 19.3. The Morgan fingerprint density at radius 2 is 2.08 bits per heavy atom. The van der Waals surface area contributed by atoms with Crippen LogP contribution in [0.4, 0.5) is 5.69 Å². The van der Waals surface area contributed by atoms with Crippen molar-refractivity contribution in [3.8, 4) is 6.07 Å². The minimum atomic E-state index is -0.0971. The van der Waals surface area contributed by atoms with Crippen molar-refractivity contribution in [3.63, 3.8) is 0 Å². The van der Waals surface area contributed by atoms with Gasteiger partial charge in [-0.05, 0) is 23.6 Å². The molecule has 6 nitrogen and oxygen atoms in total. The number of rotatable bonds is 7. The molecule has 1 aromatic heterocycles. The van der Waals surface area contributed by atoms with Gasteiger partial charge in [-0.25, -0.2) is 4.98 Å². The van der Waals surface area contributed by atoms with Gasteiger partial charge in [-0.2, -0.15) is 5.26 Å². The zero-order valence-electron chi connectivity index (χ0n) is 14.0. The Bertz CT molecular complexity index is 744. The third-order valence-corrected chi connectivity index (χ3v) is 5.17. The molecule has 1 aliphatic rings. The average Bonchev–Trinajstić information content (AvgIpc) is 3.28. The van der Waals surface area contributed by atoms with E-state index < -0.39 is 0 Å². The highest BCUT2D eigenvalue weighted by atomic mass is 32.2. The molecule has 1 saturated carbocycles. The molecule has 1 heterocycles. The van der Waals surface area contributed by atoms with E-state index >= 15 is 0 Å². The minimum absolute atomic E-state index is 0.0971. The van der Waals surface area contributed by atoms with Gasteiger partial charge in [-0.1, -0.05) is 49.6 Å². The summed E-state index contributed by atoms with van der Waals surface area (Å²) < 4.78 is 0. The van der Waals surface area contributed by atoms with Gasteiger partial charge in [0.1, 0.15) is 5.82 Å². The molecule has 0 bridgehead atoms. The van der Waals surface area contributed by atoms with Gasteiger partial charge in [0.15, 0.2) is 0 Å². The monoisotopic (exact) mass is 355 g/mol. The molecule has 25 heavy (non-hydrogen) atoms. The summed E-state index contributed by atoms with van der Waals surface area (Å²) in [4.78, 5) is 16.5. The van der Waals surface area contributed by atoms with Crippen molar-refractivity contribution in [1.82, 2.24) is 15.2 Å². The molecule has 0 atom stereocenters. The Morgan fingerprint density at radius 1 is 1.32 bits per heavy atom. The fraction of sp³-hybridized carbons (Fsp3) is 0.444. The highest BCUT2D eigenvalue weighted by Crippen LogP contribution is 2.27. The zero-order chi connectivity index (χ0) is 17.5. The number of carbonyl (C=O) groups excluding carboxylic acids is 1. The number of aromatic amines is 1. The smallest absolute Gasteiger partial charge is 0.234 e. The number of hydrogen-bond donors (Lipinski definition) is 2. The second-order valence-corrected chi connectivity index (χ2v) is 7.23. The van der Waals surface area contributed by atoms with Crippen molar-refractivity contribution in [1.29, 1.82) is 5.26 Å². The van der Waals surface area contributed by atoms with E-state index in [1.54, 1.807) is 0 Å². The third-order valence-electron chi connectivity index (χ3n) is 4.32. The predicted octanol–water partition coefficient (Wildman–Crippen LogP) is 3.33. The lowest BCUT2D eigenvalue weighted by Gasteiger charge is -2.05. The fourth-order valence-corrected chi connectivity index (χ4v) is 3.66. The Hall–Kier alpha value is -2.33. The molecule has 2 aromatic rings. The summed E-state index contributed by atoms with van der Waals surface area (Å²) in [6, 6.07) is 9.40. The SMILES string of the molecule is N#CCc1ccc(NC(=O)CSc2n[nH]c(CC3CCCC3)n2)cc1. The number of H-pyrrole nitrogens is 1. The quantitative estimate of drug-likeness (QED) is 0.743. The van der Waals surface area contributed by atoms with E-state index in [0.29, 0.717) is 11.6 Å². The number of hydrogen-bond acceptors (Lipinski definition) is 5. The van der Waals surface area contributed by atoms with Crippen molar-refractivity contribution in [2.45, 2.75) is 43.7 Å². The van der Waals surface area contributed by atoms with Crippen LogP contribution in [0.15, 0.2) is 29.4 Å². The first kappa shape index (κ1) is 17.5. The minimum Gasteiger partial charge on any atom is -0.325 e. The van der Waals surface area contributed by atoms with Crippen LogP contribution in [0.1, 0.15) is 37.1 Å². The van der Waals surface area contributed by atoms with Crippen LogP contribution in [-0.2, 0) is 17.6 Å². The van der Waals surface area contributed by atoms with Crippen LogP contribution < -0.4 is 5.32 Å². The highest BCUT2D eigenvalue weighted by Gasteiger charge is 2.17. The zero-order valence-corrected chi connectivity index (χ0v) is 14.8. The molecule has 7 heteroatoms. The molecule has 1 fully saturated rings. The van der Waals surface area contributed by atoms with Crippen molar-refractivity contribution in [2.75, 3.05) is 11.1 Å². The van der Waals surface area contributed by atoms with Gasteiger partial charge in [0, 0.05) is 12.1 Å². The molecule has 3 rings (SSSR count). The summed E-state index contributed by atoms with van der Waals surface area (Å²) >= 11 is 1.33. The molecule has 2 N–H and O–H groups in total. The average molecular weight is 355 g/mol. The Kier molecular flexibility index (Phi) is 6.07. The summed E-state index contributed by atoms with van der Waals surface area (Å²) in [6.45, 7) is 0. The second kappa shape index (κ2) is 8.67. The van der Waals surface area contributed by atoms with Gasteiger partial charge in [0.25, 0.3) is 0 Å². The maximum atomic E-state index is 12.0. The van der Waals surface area contributed by atoms with E-state index in [1.807, 2.05) is 24.3 Å². The third kappa shape index (κ3) is 5.33. The number of carbonyl (C=O) groups is 1. The molecule has 0 aliphatic heterocycles. The van der Waals surface area contributed by atoms with Crippen molar-refractivity contribution in [3.05, 3.63) is 35.7 Å². The van der Waals surface area contributed by atoms with Crippen LogP contribution in [0, 0.1) is 17.2 Å². The summed E-state index contributed by atoms with van der Waals surface area (Å²) in [6.07, 6.45) is 6.51. The highest BCUT2D eigenvalue weighted by molar-refractivity contribution is 7.99. The lowest BCUT2D eigenvalue weighted by Crippen LogP contribution is -2.14. The molecule has 1 amide bonds. The van der Waals surface area contributed by atoms with Gasteiger partial charge in [0.2, 0.25) is 11.1 Å². The number of anilines is 1. The maximum absolute atomic E-state index is 12.0. The van der Waals surface area contributed by atoms with Crippen LogP contribution in [-0.4, -0.2) is 26.8 Å². The van der Waals surface area contributed by atoms with Crippen molar-refractivity contribution >= 4 is 23.4 Å². The standard InChI is InChI=1S/C18H21N5OS/c19-10-9-13-5-7-15(8-6-13)20-17(24)12-25-18-21-16(22-23-18)11-14-3-1-2-4-14/h5-8,14H,1-4,9,11-12H2,(H,20,24)(H,21,22,23). The molecule has 130 valence electrons. The molecular weight excluding hydrogens is 334 g/mol. The van der Waals surface area contributed by atoms with Gasteiger partial charge < -0.3 is 5.32 Å². The van der Waals surface area contributed by atoms with Crippen molar-refractivity contribution in [2.24, 2.45) is 5.92 Å². The number of nitriles is 1. The number of nitrogens with zero attached hydrogens (tertiary/aromatic N) is 3. The lowest BCUT2D eigenvalue weighted by molar-refractivity contribution is -0.113. The van der Waals surface area contributed by atoms with Crippen LogP contribution in [0.3, 0.4) is 0 Å². The summed E-state index contributed by atoms with van der Waals surface area (Å²) in [5.41, 5.74) is 1.66. The van der Waals surface area contributed by atoms with Crippen LogP contribution >= 0.6 is 11.8 Å². The number of nitrogens with one attached hydrogen (secondary N) is 2. The molecule has 0 saturated heterocycles. The van der Waals surface area contributed by atoms with Gasteiger partial charge in [-0.15, -0.1) is 5.10 Å². The van der Waals surface area contributed by atoms with Gasteiger partial charge >= 0.3 is 0 Å². The largest absolute Gasteiger partial charge is 0.325 e. The van der Waals surface area contributed by atoms with E-state index in [9.17, 15) is 4.79 Å². The van der Waals surface area contributed by atoms with Gasteiger partial charge in [-0.3, -0.25) is 9.89 Å². The molecule has 1 aliphatic carbocycles. The molecule has 0 radical (unpaired) electrons. The summed E-state index contributed by atoms with van der Waals surface area (Å²) in [5.74, 6) is 1.81. The topological polar surface area (TPSA) is 94.5 Å². The number of amides is 1. The Balaban J connectivity index is 1.44. The van der Waals surface area contributed by atoms with Crippen LogP contribution in [0.5, 0.6) is 0 Å². The first-order chi connectivity index (χ1) is 12.2. The van der Waals surface area contributed by atoms with Crippen molar-refractivity contribution < 1.29 is 4.79 Å². The molecule has 0 spiro atoms. The first-order valence-electron chi connectivity index (χ1n) is 8.53.